The van der Waals surface area contributed by atoms with Gasteiger partial charge in [0.15, 0.2) is 0 Å². The highest BCUT2D eigenvalue weighted by molar-refractivity contribution is 5.96. The molecule has 19 heavy (non-hydrogen) atoms. The van der Waals surface area contributed by atoms with Crippen LogP contribution in [0.1, 0.15) is 40.5 Å². The van der Waals surface area contributed by atoms with E-state index in [1.54, 1.807) is 7.05 Å². The van der Waals surface area contributed by atoms with Gasteiger partial charge in [-0.2, -0.15) is 0 Å². The molecule has 1 rings (SSSR count). The fourth-order valence-corrected chi connectivity index (χ4v) is 1.76. The Morgan fingerprint density at radius 3 is 2.68 bits per heavy atom. The molecule has 0 aliphatic heterocycles. The summed E-state index contributed by atoms with van der Waals surface area (Å²) in [6.07, 6.45) is 12.6. The third-order valence-corrected chi connectivity index (χ3v) is 2.87. The Balaban J connectivity index is 2.76. The van der Waals surface area contributed by atoms with Crippen molar-refractivity contribution < 1.29 is 0 Å². The van der Waals surface area contributed by atoms with Crippen LogP contribution in [0.4, 0.5) is 0 Å². The first kappa shape index (κ1) is 15.4. The molecule has 0 aromatic carbocycles. The molecular formula is C16H25N3. The Morgan fingerprint density at radius 1 is 1.32 bits per heavy atom. The zero-order valence-electron chi connectivity index (χ0n) is 12.7. The van der Waals surface area contributed by atoms with Gasteiger partial charge in [-0.1, -0.05) is 45.4 Å². The maximum absolute atomic E-state index is 4.50. The number of hydrogen-bond donors (Lipinski definition) is 1. The minimum atomic E-state index is 0.0881. The number of allylic oxidation sites excluding steroid dienone is 5. The molecule has 0 fully saturated rings. The third-order valence-electron chi connectivity index (χ3n) is 2.87. The van der Waals surface area contributed by atoms with Crippen molar-refractivity contribution in [1.29, 1.82) is 0 Å². The number of hydrogen-bond acceptors (Lipinski definition) is 1. The van der Waals surface area contributed by atoms with Gasteiger partial charge in [0.2, 0.25) is 5.96 Å². The first-order valence-corrected chi connectivity index (χ1v) is 6.83. The van der Waals surface area contributed by atoms with E-state index in [0.717, 1.165) is 24.3 Å². The van der Waals surface area contributed by atoms with Crippen molar-refractivity contribution in [3.05, 3.63) is 36.1 Å². The van der Waals surface area contributed by atoms with Crippen LogP contribution in [0.5, 0.6) is 0 Å². The lowest BCUT2D eigenvalue weighted by atomic mass is 9.93. The van der Waals surface area contributed by atoms with Crippen molar-refractivity contribution >= 4 is 11.7 Å². The molecule has 0 unspecified atom stereocenters. The van der Waals surface area contributed by atoms with Crippen LogP contribution in [0.3, 0.4) is 0 Å². The van der Waals surface area contributed by atoms with Gasteiger partial charge in [-0.25, -0.2) is 4.99 Å². The molecule has 104 valence electrons. The first-order valence-electron chi connectivity index (χ1n) is 6.83. The summed E-state index contributed by atoms with van der Waals surface area (Å²) in [5.74, 6) is 0.662. The van der Waals surface area contributed by atoms with E-state index in [0.29, 0.717) is 5.96 Å². The van der Waals surface area contributed by atoms with Gasteiger partial charge < -0.3 is 5.32 Å². The Bertz CT molecular complexity index is 449. The van der Waals surface area contributed by atoms with E-state index in [1.807, 2.05) is 13.0 Å². The molecule has 0 atom stereocenters. The van der Waals surface area contributed by atoms with Crippen LogP contribution in [-0.2, 0) is 0 Å². The number of rotatable bonds is 3. The van der Waals surface area contributed by atoms with Crippen molar-refractivity contribution in [3.8, 4) is 0 Å². The molecule has 0 aromatic heterocycles. The molecule has 1 N–H and O–H groups in total. The van der Waals surface area contributed by atoms with E-state index >= 15 is 0 Å². The number of nitrogens with one attached hydrogen (secondary N) is 1. The van der Waals surface area contributed by atoms with Crippen LogP contribution >= 0.6 is 0 Å². The summed E-state index contributed by atoms with van der Waals surface area (Å²) in [5.41, 5.74) is 2.20. The summed E-state index contributed by atoms with van der Waals surface area (Å²) in [6.45, 7) is 8.54. The smallest absolute Gasteiger partial charge is 0.222 e. The fraction of sp³-hybridized carbons (Fsp3) is 0.500. The summed E-state index contributed by atoms with van der Waals surface area (Å²) in [6, 6.07) is 0. The molecule has 0 spiro atoms. The molecule has 0 radical (unpaired) electrons. The van der Waals surface area contributed by atoms with Gasteiger partial charge in [0.1, 0.15) is 0 Å². The Labute approximate surface area is 116 Å². The largest absolute Gasteiger partial charge is 0.325 e. The van der Waals surface area contributed by atoms with Gasteiger partial charge in [0.25, 0.3) is 0 Å². The monoisotopic (exact) mass is 259 g/mol. The van der Waals surface area contributed by atoms with Gasteiger partial charge in [0.05, 0.1) is 0 Å². The van der Waals surface area contributed by atoms with Gasteiger partial charge in [0, 0.05) is 23.9 Å². The SMILES string of the molecule is CCC/C(C)=N\C(=NC)NC1=CC=CC(C)(C)C=C1. The third kappa shape index (κ3) is 5.69. The number of nitrogens with zero attached hydrogens (tertiary/aromatic N) is 2. The molecule has 0 saturated carbocycles. The van der Waals surface area contributed by atoms with Gasteiger partial charge in [-0.3, -0.25) is 4.99 Å². The normalized spacial score (nSPS) is 19.1. The van der Waals surface area contributed by atoms with Crippen molar-refractivity contribution in [1.82, 2.24) is 5.32 Å². The second kappa shape index (κ2) is 7.07. The second-order valence-electron chi connectivity index (χ2n) is 5.41. The van der Waals surface area contributed by atoms with Crippen molar-refractivity contribution in [2.75, 3.05) is 7.05 Å². The van der Waals surface area contributed by atoms with Crippen LogP contribution in [0.2, 0.25) is 0 Å². The average molecular weight is 259 g/mol. The van der Waals surface area contributed by atoms with Crippen LogP contribution < -0.4 is 5.32 Å². The Kier molecular flexibility index (Phi) is 5.74. The molecule has 3 heteroatoms. The molecular weight excluding hydrogens is 234 g/mol. The zero-order valence-corrected chi connectivity index (χ0v) is 12.7. The zero-order chi connectivity index (χ0) is 14.3. The topological polar surface area (TPSA) is 36.8 Å². The van der Waals surface area contributed by atoms with Crippen molar-refractivity contribution in [2.45, 2.75) is 40.5 Å². The fourth-order valence-electron chi connectivity index (χ4n) is 1.76. The molecule has 0 bridgehead atoms. The molecule has 0 saturated heterocycles. The van der Waals surface area contributed by atoms with Crippen LogP contribution in [-0.4, -0.2) is 18.7 Å². The van der Waals surface area contributed by atoms with E-state index in [4.69, 9.17) is 0 Å². The Hall–Kier alpha value is -1.64. The van der Waals surface area contributed by atoms with E-state index in [2.05, 4.69) is 60.4 Å². The van der Waals surface area contributed by atoms with Gasteiger partial charge >= 0.3 is 0 Å². The van der Waals surface area contributed by atoms with Gasteiger partial charge in [-0.15, -0.1) is 0 Å². The second-order valence-corrected chi connectivity index (χ2v) is 5.41. The highest BCUT2D eigenvalue weighted by Gasteiger charge is 2.10. The summed E-state index contributed by atoms with van der Waals surface area (Å²) < 4.78 is 0. The lowest BCUT2D eigenvalue weighted by molar-refractivity contribution is 0.626. The lowest BCUT2D eigenvalue weighted by Gasteiger charge is -2.12. The highest BCUT2D eigenvalue weighted by Crippen LogP contribution is 2.21. The first-order chi connectivity index (χ1) is 8.96. The summed E-state index contributed by atoms with van der Waals surface area (Å²) >= 11 is 0. The molecule has 1 aliphatic rings. The summed E-state index contributed by atoms with van der Waals surface area (Å²) in [7, 11) is 1.76. The van der Waals surface area contributed by atoms with Crippen molar-refractivity contribution in [3.63, 3.8) is 0 Å². The Morgan fingerprint density at radius 2 is 2.05 bits per heavy atom. The van der Waals surface area contributed by atoms with Crippen LogP contribution in [0, 0.1) is 5.41 Å². The number of guanidine groups is 1. The van der Waals surface area contributed by atoms with E-state index in [1.165, 1.54) is 0 Å². The predicted octanol–water partition coefficient (Wildman–Crippen LogP) is 3.86. The molecule has 0 heterocycles. The minimum absolute atomic E-state index is 0.0881. The summed E-state index contributed by atoms with van der Waals surface area (Å²) in [5, 5.41) is 3.26. The maximum Gasteiger partial charge on any atom is 0.222 e. The standard InChI is InChI=1S/C16H25N3/c1-6-8-13(2)18-15(17-5)19-14-9-7-11-16(3,4)12-10-14/h7,9-12H,6,8H2,1-5H3,(H,17,19)/b18-13-. The van der Waals surface area contributed by atoms with Gasteiger partial charge in [-0.05, 0) is 25.5 Å². The molecule has 1 aliphatic carbocycles. The predicted molar refractivity (Wildman–Crippen MR) is 84.7 cm³/mol. The van der Waals surface area contributed by atoms with Crippen LogP contribution in [0.25, 0.3) is 0 Å². The van der Waals surface area contributed by atoms with E-state index in [9.17, 15) is 0 Å². The molecule has 0 amide bonds. The minimum Gasteiger partial charge on any atom is -0.325 e. The maximum atomic E-state index is 4.50. The lowest BCUT2D eigenvalue weighted by Crippen LogP contribution is -2.21. The molecule has 3 nitrogen and oxygen atoms in total. The van der Waals surface area contributed by atoms with Crippen LogP contribution in [0.15, 0.2) is 46.1 Å². The number of aliphatic imine (C=N–C) groups is 2. The van der Waals surface area contributed by atoms with E-state index < -0.39 is 0 Å². The molecule has 0 aromatic rings. The van der Waals surface area contributed by atoms with Crippen molar-refractivity contribution in [2.24, 2.45) is 15.4 Å². The summed E-state index contributed by atoms with van der Waals surface area (Å²) in [4.78, 5) is 8.69. The van der Waals surface area contributed by atoms with E-state index in [-0.39, 0.29) is 5.41 Å². The highest BCUT2D eigenvalue weighted by atomic mass is 15.1. The quantitative estimate of drug-likeness (QED) is 0.606. The average Bonchev–Trinajstić information content (AvgIpc) is 2.50.